The molecule has 0 saturated carbocycles. The number of hydrogen-bond donors (Lipinski definition) is 1. The Morgan fingerprint density at radius 3 is 2.89 bits per heavy atom. The molecule has 0 fully saturated rings. The molecular weight excluding hydrogens is 224 g/mol. The highest BCUT2D eigenvalue weighted by atomic mass is 16.5. The van der Waals surface area contributed by atoms with Gasteiger partial charge in [0.2, 0.25) is 0 Å². The first-order valence-electron chi connectivity index (χ1n) is 6.13. The van der Waals surface area contributed by atoms with Crippen molar-refractivity contribution < 1.29 is 4.74 Å². The average Bonchev–Trinajstić information content (AvgIpc) is 2.38. The van der Waals surface area contributed by atoms with Gasteiger partial charge >= 0.3 is 0 Å². The number of ether oxygens (including phenoxy) is 1. The van der Waals surface area contributed by atoms with Gasteiger partial charge in [-0.05, 0) is 49.1 Å². The Labute approximate surface area is 108 Å². The molecule has 0 bridgehead atoms. The lowest BCUT2D eigenvalue weighted by atomic mass is 10.2. The molecule has 2 aromatic rings. The van der Waals surface area contributed by atoms with Gasteiger partial charge in [0.1, 0.15) is 5.75 Å². The van der Waals surface area contributed by atoms with Crippen LogP contribution in [0.3, 0.4) is 0 Å². The maximum atomic E-state index is 5.88. The zero-order valence-electron chi connectivity index (χ0n) is 10.6. The van der Waals surface area contributed by atoms with Crippen molar-refractivity contribution in [1.82, 2.24) is 4.98 Å². The SMILES string of the molecule is Cc1ccc(OCCCc2cccnc2)c(N)c1. The van der Waals surface area contributed by atoms with Crippen LogP contribution >= 0.6 is 0 Å². The predicted octanol–water partition coefficient (Wildman–Crippen LogP) is 2.98. The van der Waals surface area contributed by atoms with Crippen molar-refractivity contribution in [2.45, 2.75) is 19.8 Å². The van der Waals surface area contributed by atoms with Crippen LogP contribution in [0.5, 0.6) is 5.75 Å². The first-order valence-corrected chi connectivity index (χ1v) is 6.13. The third kappa shape index (κ3) is 3.48. The Kier molecular flexibility index (Phi) is 4.18. The van der Waals surface area contributed by atoms with Crippen LogP contribution in [-0.2, 0) is 6.42 Å². The van der Waals surface area contributed by atoms with E-state index >= 15 is 0 Å². The van der Waals surface area contributed by atoms with Gasteiger partial charge in [-0.25, -0.2) is 0 Å². The topological polar surface area (TPSA) is 48.1 Å². The van der Waals surface area contributed by atoms with Crippen LogP contribution < -0.4 is 10.5 Å². The Balaban J connectivity index is 1.79. The van der Waals surface area contributed by atoms with E-state index in [-0.39, 0.29) is 0 Å². The number of hydrogen-bond acceptors (Lipinski definition) is 3. The summed E-state index contributed by atoms with van der Waals surface area (Å²) < 4.78 is 5.67. The van der Waals surface area contributed by atoms with Gasteiger partial charge < -0.3 is 10.5 Å². The fraction of sp³-hybridized carbons (Fsp3) is 0.267. The minimum atomic E-state index is 0.669. The minimum absolute atomic E-state index is 0.669. The maximum absolute atomic E-state index is 5.88. The van der Waals surface area contributed by atoms with Gasteiger partial charge in [0.05, 0.1) is 12.3 Å². The van der Waals surface area contributed by atoms with Gasteiger partial charge in [0.25, 0.3) is 0 Å². The summed E-state index contributed by atoms with van der Waals surface area (Å²) in [6.45, 7) is 2.69. The summed E-state index contributed by atoms with van der Waals surface area (Å²) in [5.41, 5.74) is 8.97. The van der Waals surface area contributed by atoms with Crippen molar-refractivity contribution in [2.24, 2.45) is 0 Å². The van der Waals surface area contributed by atoms with Crippen molar-refractivity contribution in [3.8, 4) is 5.75 Å². The lowest BCUT2D eigenvalue weighted by molar-refractivity contribution is 0.312. The summed E-state index contributed by atoms with van der Waals surface area (Å²) in [7, 11) is 0. The van der Waals surface area contributed by atoms with E-state index in [0.29, 0.717) is 12.3 Å². The van der Waals surface area contributed by atoms with E-state index in [2.05, 4.69) is 11.1 Å². The van der Waals surface area contributed by atoms with Crippen LogP contribution in [0.25, 0.3) is 0 Å². The number of nitrogen functional groups attached to an aromatic ring is 1. The molecule has 3 heteroatoms. The van der Waals surface area contributed by atoms with Gasteiger partial charge in [-0.3, -0.25) is 4.98 Å². The Hall–Kier alpha value is -2.03. The van der Waals surface area contributed by atoms with Gasteiger partial charge in [0, 0.05) is 12.4 Å². The largest absolute Gasteiger partial charge is 0.491 e. The normalized spacial score (nSPS) is 10.3. The van der Waals surface area contributed by atoms with E-state index in [4.69, 9.17) is 10.5 Å². The second-order valence-corrected chi connectivity index (χ2v) is 4.35. The molecule has 0 unspecified atom stereocenters. The summed E-state index contributed by atoms with van der Waals surface area (Å²) in [6.07, 6.45) is 5.60. The molecule has 0 aliphatic heterocycles. The molecular formula is C15H18N2O. The molecule has 2 N–H and O–H groups in total. The standard InChI is InChI=1S/C15H18N2O/c1-12-6-7-15(14(16)10-12)18-9-3-5-13-4-2-8-17-11-13/h2,4,6-8,10-11H,3,5,9,16H2,1H3. The molecule has 0 aliphatic rings. The van der Waals surface area contributed by atoms with Crippen molar-refractivity contribution in [3.05, 3.63) is 53.9 Å². The molecule has 2 rings (SSSR count). The lowest BCUT2D eigenvalue weighted by Crippen LogP contribution is -2.02. The maximum Gasteiger partial charge on any atom is 0.142 e. The first-order chi connectivity index (χ1) is 8.75. The van der Waals surface area contributed by atoms with Gasteiger partial charge in [-0.2, -0.15) is 0 Å². The molecule has 18 heavy (non-hydrogen) atoms. The highest BCUT2D eigenvalue weighted by molar-refractivity contribution is 5.53. The van der Waals surface area contributed by atoms with E-state index in [1.54, 1.807) is 6.20 Å². The molecule has 1 aromatic carbocycles. The summed E-state index contributed by atoms with van der Waals surface area (Å²) >= 11 is 0. The number of nitrogens with two attached hydrogens (primary N) is 1. The van der Waals surface area contributed by atoms with Crippen molar-refractivity contribution in [3.63, 3.8) is 0 Å². The van der Waals surface area contributed by atoms with E-state index < -0.39 is 0 Å². The van der Waals surface area contributed by atoms with Crippen molar-refractivity contribution in [2.75, 3.05) is 12.3 Å². The lowest BCUT2D eigenvalue weighted by Gasteiger charge is -2.09. The smallest absolute Gasteiger partial charge is 0.142 e. The van der Waals surface area contributed by atoms with Gasteiger partial charge in [-0.1, -0.05) is 12.1 Å². The first kappa shape index (κ1) is 12.4. The average molecular weight is 242 g/mol. The van der Waals surface area contributed by atoms with Crippen LogP contribution in [-0.4, -0.2) is 11.6 Å². The third-order valence-electron chi connectivity index (χ3n) is 2.76. The van der Waals surface area contributed by atoms with Crippen LogP contribution in [0.2, 0.25) is 0 Å². The van der Waals surface area contributed by atoms with Gasteiger partial charge in [-0.15, -0.1) is 0 Å². The number of pyridine rings is 1. The number of rotatable bonds is 5. The number of anilines is 1. The van der Waals surface area contributed by atoms with E-state index in [0.717, 1.165) is 24.2 Å². The zero-order chi connectivity index (χ0) is 12.8. The van der Waals surface area contributed by atoms with Crippen molar-refractivity contribution >= 4 is 5.69 Å². The minimum Gasteiger partial charge on any atom is -0.491 e. The molecule has 1 heterocycles. The predicted molar refractivity (Wildman–Crippen MR) is 73.6 cm³/mol. The van der Waals surface area contributed by atoms with Gasteiger partial charge in [0.15, 0.2) is 0 Å². The molecule has 0 saturated heterocycles. The van der Waals surface area contributed by atoms with E-state index in [1.807, 2.05) is 37.4 Å². The number of benzene rings is 1. The molecule has 0 spiro atoms. The summed E-state index contributed by atoms with van der Waals surface area (Å²) in [6, 6.07) is 9.89. The van der Waals surface area contributed by atoms with Crippen LogP contribution in [0.1, 0.15) is 17.5 Å². The Morgan fingerprint density at radius 1 is 1.28 bits per heavy atom. The Morgan fingerprint density at radius 2 is 2.17 bits per heavy atom. The van der Waals surface area contributed by atoms with Crippen molar-refractivity contribution in [1.29, 1.82) is 0 Å². The molecule has 0 aliphatic carbocycles. The Bertz CT molecular complexity index is 497. The third-order valence-corrected chi connectivity index (χ3v) is 2.76. The van der Waals surface area contributed by atoms with E-state index in [9.17, 15) is 0 Å². The van der Waals surface area contributed by atoms with Crippen LogP contribution in [0, 0.1) is 6.92 Å². The molecule has 3 nitrogen and oxygen atoms in total. The molecule has 0 radical (unpaired) electrons. The number of nitrogens with zero attached hydrogens (tertiary/aromatic N) is 1. The number of aromatic nitrogens is 1. The highest BCUT2D eigenvalue weighted by Crippen LogP contribution is 2.22. The highest BCUT2D eigenvalue weighted by Gasteiger charge is 2.00. The summed E-state index contributed by atoms with van der Waals surface area (Å²) in [5, 5.41) is 0. The van der Waals surface area contributed by atoms with E-state index in [1.165, 1.54) is 5.56 Å². The molecule has 0 atom stereocenters. The molecule has 1 aromatic heterocycles. The number of aryl methyl sites for hydroxylation is 2. The molecule has 94 valence electrons. The summed E-state index contributed by atoms with van der Waals surface area (Å²) in [4.78, 5) is 4.08. The second-order valence-electron chi connectivity index (χ2n) is 4.35. The fourth-order valence-corrected chi connectivity index (χ4v) is 1.80. The van der Waals surface area contributed by atoms with Crippen LogP contribution in [0.15, 0.2) is 42.7 Å². The fourth-order valence-electron chi connectivity index (χ4n) is 1.80. The van der Waals surface area contributed by atoms with Crippen LogP contribution in [0.4, 0.5) is 5.69 Å². The summed E-state index contributed by atoms with van der Waals surface area (Å²) in [5.74, 6) is 0.770. The molecule has 0 amide bonds. The monoisotopic (exact) mass is 242 g/mol. The quantitative estimate of drug-likeness (QED) is 0.647. The second kappa shape index (κ2) is 6.05. The zero-order valence-corrected chi connectivity index (χ0v) is 10.6.